The molecular formula is C14H21FN2O. The Bertz CT molecular complexity index is 420. The average molecular weight is 252 g/mol. The Balaban J connectivity index is 2.91. The standard InChI is InChI=1S/C14H21FN2O/c1-8(2)5-12(14(16)18)17-11-6-9(3)13(15)10(4)7-11/h6-8,12,17H,5H2,1-4H3,(H2,16,18)/t12-/m1/s1. The van der Waals surface area contributed by atoms with Gasteiger partial charge in [0.05, 0.1) is 0 Å². The second-order valence-electron chi connectivity index (χ2n) is 5.15. The molecule has 0 saturated heterocycles. The maximum atomic E-state index is 13.5. The van der Waals surface area contributed by atoms with E-state index in [4.69, 9.17) is 5.73 Å². The quantitative estimate of drug-likeness (QED) is 0.846. The van der Waals surface area contributed by atoms with Crippen LogP contribution in [0.15, 0.2) is 12.1 Å². The van der Waals surface area contributed by atoms with Crippen molar-refractivity contribution in [2.24, 2.45) is 11.7 Å². The number of halogens is 1. The van der Waals surface area contributed by atoms with Crippen LogP contribution in [0.3, 0.4) is 0 Å². The summed E-state index contributed by atoms with van der Waals surface area (Å²) in [5.41, 5.74) is 7.22. The van der Waals surface area contributed by atoms with E-state index in [2.05, 4.69) is 5.32 Å². The molecule has 1 amide bonds. The Kier molecular flexibility index (Phi) is 4.70. The second-order valence-corrected chi connectivity index (χ2v) is 5.15. The fourth-order valence-electron chi connectivity index (χ4n) is 1.95. The Hall–Kier alpha value is -1.58. The summed E-state index contributed by atoms with van der Waals surface area (Å²) in [6.07, 6.45) is 0.658. The summed E-state index contributed by atoms with van der Waals surface area (Å²) in [6.45, 7) is 7.46. The molecule has 1 rings (SSSR count). The first kappa shape index (κ1) is 14.5. The van der Waals surface area contributed by atoms with Gasteiger partial charge in [0.2, 0.25) is 5.91 Å². The van der Waals surface area contributed by atoms with Gasteiger partial charge in [0.25, 0.3) is 0 Å². The number of primary amides is 1. The summed E-state index contributed by atoms with van der Waals surface area (Å²) in [5, 5.41) is 3.08. The smallest absolute Gasteiger partial charge is 0.239 e. The molecule has 0 aliphatic rings. The molecule has 0 aliphatic carbocycles. The highest BCUT2D eigenvalue weighted by Gasteiger charge is 2.17. The molecule has 0 spiro atoms. The zero-order valence-electron chi connectivity index (χ0n) is 11.4. The van der Waals surface area contributed by atoms with E-state index >= 15 is 0 Å². The van der Waals surface area contributed by atoms with Crippen LogP contribution in [0.2, 0.25) is 0 Å². The van der Waals surface area contributed by atoms with Gasteiger partial charge < -0.3 is 11.1 Å². The first-order chi connectivity index (χ1) is 8.31. The number of benzene rings is 1. The maximum Gasteiger partial charge on any atom is 0.239 e. The van der Waals surface area contributed by atoms with Gasteiger partial charge in [-0.1, -0.05) is 13.8 Å². The van der Waals surface area contributed by atoms with Gasteiger partial charge in [-0.05, 0) is 49.4 Å². The van der Waals surface area contributed by atoms with Crippen molar-refractivity contribution in [1.29, 1.82) is 0 Å². The van der Waals surface area contributed by atoms with Crippen molar-refractivity contribution in [3.8, 4) is 0 Å². The third-order valence-electron chi connectivity index (χ3n) is 2.83. The number of carbonyl (C=O) groups is 1. The van der Waals surface area contributed by atoms with Crippen LogP contribution in [0, 0.1) is 25.6 Å². The van der Waals surface area contributed by atoms with E-state index in [9.17, 15) is 9.18 Å². The lowest BCUT2D eigenvalue weighted by Gasteiger charge is -2.19. The summed E-state index contributed by atoms with van der Waals surface area (Å²) in [6, 6.07) is 2.96. The van der Waals surface area contributed by atoms with Crippen molar-refractivity contribution >= 4 is 11.6 Å². The van der Waals surface area contributed by atoms with Gasteiger partial charge >= 0.3 is 0 Å². The van der Waals surface area contributed by atoms with Crippen molar-refractivity contribution in [2.75, 3.05) is 5.32 Å². The molecule has 0 aromatic heterocycles. The van der Waals surface area contributed by atoms with Crippen LogP contribution in [0.5, 0.6) is 0 Å². The van der Waals surface area contributed by atoms with Crippen LogP contribution in [-0.4, -0.2) is 11.9 Å². The number of rotatable bonds is 5. The van der Waals surface area contributed by atoms with E-state index in [0.29, 0.717) is 23.5 Å². The summed E-state index contributed by atoms with van der Waals surface area (Å²) in [7, 11) is 0. The van der Waals surface area contributed by atoms with E-state index in [-0.39, 0.29) is 11.7 Å². The van der Waals surface area contributed by atoms with Crippen molar-refractivity contribution < 1.29 is 9.18 Å². The number of anilines is 1. The fourth-order valence-corrected chi connectivity index (χ4v) is 1.95. The summed E-state index contributed by atoms with van der Waals surface area (Å²) < 4.78 is 13.5. The molecule has 0 bridgehead atoms. The molecule has 0 radical (unpaired) electrons. The highest BCUT2D eigenvalue weighted by molar-refractivity contribution is 5.83. The van der Waals surface area contributed by atoms with Crippen LogP contribution < -0.4 is 11.1 Å². The Morgan fingerprint density at radius 2 is 1.83 bits per heavy atom. The minimum Gasteiger partial charge on any atom is -0.374 e. The summed E-state index contributed by atoms with van der Waals surface area (Å²) >= 11 is 0. The van der Waals surface area contributed by atoms with Crippen LogP contribution in [-0.2, 0) is 4.79 Å². The van der Waals surface area contributed by atoms with Crippen LogP contribution in [0.25, 0.3) is 0 Å². The number of hydrogen-bond acceptors (Lipinski definition) is 2. The SMILES string of the molecule is Cc1cc(N[C@H](CC(C)C)C(N)=O)cc(C)c1F. The number of nitrogens with two attached hydrogens (primary N) is 1. The molecule has 0 aliphatic heterocycles. The monoisotopic (exact) mass is 252 g/mol. The van der Waals surface area contributed by atoms with E-state index < -0.39 is 6.04 Å². The van der Waals surface area contributed by atoms with E-state index in [1.807, 2.05) is 13.8 Å². The lowest BCUT2D eigenvalue weighted by molar-refractivity contribution is -0.119. The molecule has 0 unspecified atom stereocenters. The van der Waals surface area contributed by atoms with E-state index in [0.717, 1.165) is 5.69 Å². The average Bonchev–Trinajstić information content (AvgIpc) is 2.24. The minimum atomic E-state index is -0.422. The van der Waals surface area contributed by atoms with Gasteiger partial charge in [-0.3, -0.25) is 4.79 Å². The van der Waals surface area contributed by atoms with Gasteiger partial charge in [0.15, 0.2) is 0 Å². The first-order valence-electron chi connectivity index (χ1n) is 6.14. The predicted molar refractivity (Wildman–Crippen MR) is 71.9 cm³/mol. The molecule has 0 saturated carbocycles. The molecule has 100 valence electrons. The molecule has 4 heteroatoms. The number of hydrogen-bond donors (Lipinski definition) is 2. The van der Waals surface area contributed by atoms with Crippen LogP contribution >= 0.6 is 0 Å². The summed E-state index contributed by atoms with van der Waals surface area (Å²) in [5.74, 6) is -0.235. The fraction of sp³-hybridized carbons (Fsp3) is 0.500. The Labute approximate surface area is 108 Å². The largest absolute Gasteiger partial charge is 0.374 e. The third kappa shape index (κ3) is 3.72. The molecule has 18 heavy (non-hydrogen) atoms. The van der Waals surface area contributed by atoms with Crippen molar-refractivity contribution in [1.82, 2.24) is 0 Å². The normalized spacial score (nSPS) is 12.6. The molecule has 0 heterocycles. The predicted octanol–water partition coefficient (Wildman–Crippen LogP) is 2.75. The van der Waals surface area contributed by atoms with Gasteiger partial charge in [-0.2, -0.15) is 0 Å². The molecule has 0 fully saturated rings. The lowest BCUT2D eigenvalue weighted by atomic mass is 10.0. The number of amides is 1. The van der Waals surface area contributed by atoms with Crippen LogP contribution in [0.1, 0.15) is 31.4 Å². The highest BCUT2D eigenvalue weighted by atomic mass is 19.1. The van der Waals surface area contributed by atoms with Gasteiger partial charge in [0.1, 0.15) is 11.9 Å². The van der Waals surface area contributed by atoms with Gasteiger partial charge in [-0.15, -0.1) is 0 Å². The third-order valence-corrected chi connectivity index (χ3v) is 2.83. The maximum absolute atomic E-state index is 13.5. The Morgan fingerprint density at radius 1 is 1.33 bits per heavy atom. The number of aryl methyl sites for hydroxylation is 2. The van der Waals surface area contributed by atoms with E-state index in [1.54, 1.807) is 26.0 Å². The summed E-state index contributed by atoms with van der Waals surface area (Å²) in [4.78, 5) is 11.4. The highest BCUT2D eigenvalue weighted by Crippen LogP contribution is 2.20. The number of carbonyl (C=O) groups excluding carboxylic acids is 1. The van der Waals surface area contributed by atoms with Crippen molar-refractivity contribution in [2.45, 2.75) is 40.2 Å². The Morgan fingerprint density at radius 3 is 2.22 bits per heavy atom. The second kappa shape index (κ2) is 5.85. The van der Waals surface area contributed by atoms with Gasteiger partial charge in [0, 0.05) is 5.69 Å². The topological polar surface area (TPSA) is 55.1 Å². The molecule has 3 nitrogen and oxygen atoms in total. The molecule has 3 N–H and O–H groups in total. The molecule has 1 aromatic carbocycles. The van der Waals surface area contributed by atoms with E-state index in [1.165, 1.54) is 0 Å². The molecular weight excluding hydrogens is 231 g/mol. The van der Waals surface area contributed by atoms with Crippen LogP contribution in [0.4, 0.5) is 10.1 Å². The molecule has 1 aromatic rings. The zero-order chi connectivity index (χ0) is 13.9. The minimum absolute atomic E-state index is 0.208. The first-order valence-corrected chi connectivity index (χ1v) is 6.14. The van der Waals surface area contributed by atoms with Crippen molar-refractivity contribution in [3.63, 3.8) is 0 Å². The number of nitrogens with one attached hydrogen (secondary N) is 1. The molecule has 1 atom stereocenters. The van der Waals surface area contributed by atoms with Gasteiger partial charge in [-0.25, -0.2) is 4.39 Å². The van der Waals surface area contributed by atoms with Crippen molar-refractivity contribution in [3.05, 3.63) is 29.1 Å². The zero-order valence-corrected chi connectivity index (χ0v) is 11.4. The lowest BCUT2D eigenvalue weighted by Crippen LogP contribution is -2.36.